The van der Waals surface area contributed by atoms with Gasteiger partial charge >= 0.3 is 11.9 Å². The van der Waals surface area contributed by atoms with E-state index in [2.05, 4.69) is 16.0 Å². The number of carbonyl (C=O) groups excluding carboxylic acids is 3. The third kappa shape index (κ3) is 12.0. The Kier molecular flexibility index (Phi) is 15.5. The Morgan fingerprint density at radius 3 is 1.80 bits per heavy atom. The summed E-state index contributed by atoms with van der Waals surface area (Å²) < 4.78 is 0. The van der Waals surface area contributed by atoms with Crippen molar-refractivity contribution in [3.63, 3.8) is 0 Å². The summed E-state index contributed by atoms with van der Waals surface area (Å²) in [5.41, 5.74) is 11.3. The molecule has 6 unspecified atom stereocenters. The van der Waals surface area contributed by atoms with Crippen molar-refractivity contribution in [3.05, 3.63) is 0 Å². The molecular weight excluding hydrogens is 458 g/mol. The van der Waals surface area contributed by atoms with Crippen LogP contribution in [0.2, 0.25) is 0 Å². The van der Waals surface area contributed by atoms with Crippen LogP contribution < -0.4 is 27.4 Å². The van der Waals surface area contributed by atoms with Gasteiger partial charge in [-0.15, -0.1) is 0 Å². The highest BCUT2D eigenvalue weighted by molar-refractivity contribution is 5.94. The van der Waals surface area contributed by atoms with Crippen molar-refractivity contribution in [1.29, 1.82) is 0 Å². The van der Waals surface area contributed by atoms with Gasteiger partial charge in [-0.2, -0.15) is 0 Å². The molecule has 0 aromatic rings. The van der Waals surface area contributed by atoms with Crippen molar-refractivity contribution >= 4 is 29.7 Å². The standard InChI is InChI=1S/C23H43N5O7/c1-5-13(3)18(22(33)28-19(23(34)35)14(4)6-2)27-21(32)16(9-7-8-12-24)26-20(31)15(25)10-11-17(29)30/h13-16,18-19H,5-12,24-25H2,1-4H3,(H,26,31)(H,27,32)(H,28,33)(H,29,30)(H,34,35). The molecule has 12 nitrogen and oxygen atoms in total. The van der Waals surface area contributed by atoms with Gasteiger partial charge < -0.3 is 37.6 Å². The molecule has 35 heavy (non-hydrogen) atoms. The number of nitrogens with two attached hydrogens (primary N) is 2. The third-order valence-corrected chi connectivity index (χ3v) is 6.16. The molecular formula is C23H43N5O7. The molecule has 0 bridgehead atoms. The molecule has 3 amide bonds. The Bertz CT molecular complexity index is 718. The first kappa shape index (κ1) is 32.3. The summed E-state index contributed by atoms with van der Waals surface area (Å²) in [6.07, 6.45) is 2.04. The maximum absolute atomic E-state index is 13.1. The summed E-state index contributed by atoms with van der Waals surface area (Å²) >= 11 is 0. The van der Waals surface area contributed by atoms with Crippen LogP contribution in [-0.4, -0.2) is 70.6 Å². The number of hydrogen-bond acceptors (Lipinski definition) is 7. The monoisotopic (exact) mass is 501 g/mol. The Hall–Kier alpha value is -2.73. The highest BCUT2D eigenvalue weighted by atomic mass is 16.4. The molecule has 0 aliphatic carbocycles. The number of nitrogens with one attached hydrogen (secondary N) is 3. The van der Waals surface area contributed by atoms with E-state index in [4.69, 9.17) is 16.6 Å². The minimum atomic E-state index is -1.16. The third-order valence-electron chi connectivity index (χ3n) is 6.16. The number of rotatable bonds is 18. The van der Waals surface area contributed by atoms with Crippen LogP contribution in [0.1, 0.15) is 72.6 Å². The molecule has 0 saturated carbocycles. The molecule has 0 aliphatic rings. The molecule has 12 heteroatoms. The largest absolute Gasteiger partial charge is 0.481 e. The van der Waals surface area contributed by atoms with E-state index in [1.54, 1.807) is 13.8 Å². The van der Waals surface area contributed by atoms with E-state index in [1.165, 1.54) is 0 Å². The van der Waals surface area contributed by atoms with Gasteiger partial charge in [-0.25, -0.2) is 4.79 Å². The SMILES string of the molecule is CCC(C)C(NC(=O)C(NC(=O)C(CCCCN)NC(=O)C(N)CCC(=O)O)C(C)CC)C(=O)O. The summed E-state index contributed by atoms with van der Waals surface area (Å²) in [5.74, 6) is -4.80. The minimum Gasteiger partial charge on any atom is -0.481 e. The number of hydrogen-bond donors (Lipinski definition) is 7. The predicted molar refractivity (Wildman–Crippen MR) is 130 cm³/mol. The summed E-state index contributed by atoms with van der Waals surface area (Å²) in [5, 5.41) is 26.1. The smallest absolute Gasteiger partial charge is 0.326 e. The van der Waals surface area contributed by atoms with Crippen molar-refractivity contribution in [1.82, 2.24) is 16.0 Å². The van der Waals surface area contributed by atoms with Crippen LogP contribution in [0.5, 0.6) is 0 Å². The van der Waals surface area contributed by atoms with Gasteiger partial charge in [-0.1, -0.05) is 40.5 Å². The van der Waals surface area contributed by atoms with Crippen molar-refractivity contribution in [2.75, 3.05) is 6.54 Å². The fourth-order valence-electron chi connectivity index (χ4n) is 3.33. The second kappa shape index (κ2) is 16.8. The Labute approximate surface area is 206 Å². The fourth-order valence-corrected chi connectivity index (χ4v) is 3.33. The molecule has 0 rings (SSSR count). The zero-order valence-corrected chi connectivity index (χ0v) is 21.2. The molecule has 0 fully saturated rings. The van der Waals surface area contributed by atoms with E-state index in [0.717, 1.165) is 0 Å². The van der Waals surface area contributed by atoms with Crippen LogP contribution in [0.25, 0.3) is 0 Å². The Morgan fingerprint density at radius 1 is 0.771 bits per heavy atom. The number of carboxylic acids is 2. The molecule has 202 valence electrons. The van der Waals surface area contributed by atoms with Crippen LogP contribution in [0.3, 0.4) is 0 Å². The number of amides is 3. The fraction of sp³-hybridized carbons (Fsp3) is 0.783. The first-order chi connectivity index (χ1) is 16.4. The topological polar surface area (TPSA) is 214 Å². The lowest BCUT2D eigenvalue weighted by molar-refractivity contribution is -0.144. The van der Waals surface area contributed by atoms with E-state index >= 15 is 0 Å². The van der Waals surface area contributed by atoms with Gasteiger partial charge in [0.1, 0.15) is 18.1 Å². The molecule has 9 N–H and O–H groups in total. The first-order valence-electron chi connectivity index (χ1n) is 12.2. The van der Waals surface area contributed by atoms with Gasteiger partial charge in [0.2, 0.25) is 17.7 Å². The van der Waals surface area contributed by atoms with Gasteiger partial charge in [0.15, 0.2) is 0 Å². The summed E-state index contributed by atoms with van der Waals surface area (Å²) in [7, 11) is 0. The van der Waals surface area contributed by atoms with Gasteiger partial charge in [-0.3, -0.25) is 19.2 Å². The Morgan fingerprint density at radius 2 is 1.31 bits per heavy atom. The second-order valence-corrected chi connectivity index (χ2v) is 8.97. The summed E-state index contributed by atoms with van der Waals surface area (Å²) in [6, 6.07) is -4.26. The minimum absolute atomic E-state index is 0.0948. The molecule has 0 heterocycles. The molecule has 0 aromatic heterocycles. The first-order valence-corrected chi connectivity index (χ1v) is 12.2. The molecule has 0 radical (unpaired) electrons. The normalized spacial score (nSPS) is 16.2. The lowest BCUT2D eigenvalue weighted by Gasteiger charge is -2.29. The highest BCUT2D eigenvalue weighted by Gasteiger charge is 2.34. The molecule has 0 aromatic carbocycles. The van der Waals surface area contributed by atoms with E-state index in [1.807, 2.05) is 13.8 Å². The number of unbranched alkanes of at least 4 members (excludes halogenated alkanes) is 1. The van der Waals surface area contributed by atoms with Gasteiger partial charge in [0.25, 0.3) is 0 Å². The van der Waals surface area contributed by atoms with E-state index in [-0.39, 0.29) is 31.1 Å². The Balaban J connectivity index is 5.58. The number of aliphatic carboxylic acids is 2. The quantitative estimate of drug-likeness (QED) is 0.125. The van der Waals surface area contributed by atoms with Crippen molar-refractivity contribution < 1.29 is 34.2 Å². The van der Waals surface area contributed by atoms with Crippen molar-refractivity contribution in [3.8, 4) is 0 Å². The highest BCUT2D eigenvalue weighted by Crippen LogP contribution is 2.13. The van der Waals surface area contributed by atoms with Crippen LogP contribution in [-0.2, 0) is 24.0 Å². The molecule has 0 aliphatic heterocycles. The maximum atomic E-state index is 13.1. The van der Waals surface area contributed by atoms with Crippen molar-refractivity contribution in [2.24, 2.45) is 23.3 Å². The van der Waals surface area contributed by atoms with Crippen LogP contribution in [0.15, 0.2) is 0 Å². The molecule has 6 atom stereocenters. The number of carbonyl (C=O) groups is 5. The molecule has 0 saturated heterocycles. The van der Waals surface area contributed by atoms with Crippen LogP contribution in [0.4, 0.5) is 0 Å². The number of carboxylic acid groups (broad SMARTS) is 2. The van der Waals surface area contributed by atoms with Gasteiger partial charge in [0.05, 0.1) is 6.04 Å². The average Bonchev–Trinajstić information content (AvgIpc) is 2.81. The van der Waals surface area contributed by atoms with Gasteiger partial charge in [-0.05, 0) is 44.1 Å². The van der Waals surface area contributed by atoms with E-state index < -0.39 is 53.8 Å². The predicted octanol–water partition coefficient (Wildman–Crippen LogP) is -0.0613. The van der Waals surface area contributed by atoms with Crippen LogP contribution >= 0.6 is 0 Å². The zero-order chi connectivity index (χ0) is 27.1. The average molecular weight is 502 g/mol. The summed E-state index contributed by atoms with van der Waals surface area (Å²) in [4.78, 5) is 61.0. The van der Waals surface area contributed by atoms with Crippen LogP contribution in [0, 0.1) is 11.8 Å². The molecule has 0 spiro atoms. The van der Waals surface area contributed by atoms with Gasteiger partial charge in [0, 0.05) is 6.42 Å². The van der Waals surface area contributed by atoms with E-state index in [0.29, 0.717) is 32.2 Å². The zero-order valence-electron chi connectivity index (χ0n) is 21.2. The lowest BCUT2D eigenvalue weighted by atomic mass is 9.95. The lowest BCUT2D eigenvalue weighted by Crippen LogP contribution is -2.59. The van der Waals surface area contributed by atoms with Crippen molar-refractivity contribution in [2.45, 2.75) is 96.8 Å². The second-order valence-electron chi connectivity index (χ2n) is 8.97. The van der Waals surface area contributed by atoms with E-state index in [9.17, 15) is 29.1 Å². The maximum Gasteiger partial charge on any atom is 0.326 e. The summed E-state index contributed by atoms with van der Waals surface area (Å²) in [6.45, 7) is 7.52.